The Labute approximate surface area is 116 Å². The highest BCUT2D eigenvalue weighted by Gasteiger charge is 2.10. The van der Waals surface area contributed by atoms with E-state index in [-0.39, 0.29) is 0 Å². The van der Waals surface area contributed by atoms with Crippen molar-refractivity contribution in [1.82, 2.24) is 14.8 Å². The molecule has 1 N–H and O–H groups in total. The summed E-state index contributed by atoms with van der Waals surface area (Å²) in [6, 6.07) is 4.09. The normalized spacial score (nSPS) is 10.7. The first kappa shape index (κ1) is 13.6. The van der Waals surface area contributed by atoms with E-state index in [0.717, 1.165) is 21.4 Å². The van der Waals surface area contributed by atoms with Crippen LogP contribution < -0.4 is 5.32 Å². The molecular formula is C13H17N5S. The van der Waals surface area contributed by atoms with E-state index in [1.807, 2.05) is 24.6 Å². The van der Waals surface area contributed by atoms with E-state index in [1.165, 1.54) is 0 Å². The molecule has 2 heterocycles. The van der Waals surface area contributed by atoms with Crippen LogP contribution in [0.1, 0.15) is 41.7 Å². The van der Waals surface area contributed by atoms with E-state index in [1.54, 1.807) is 11.3 Å². The first-order valence-electron chi connectivity index (χ1n) is 6.15. The van der Waals surface area contributed by atoms with Crippen molar-refractivity contribution in [1.29, 1.82) is 5.26 Å². The monoisotopic (exact) mass is 275 g/mol. The molecule has 0 fully saturated rings. The van der Waals surface area contributed by atoms with Crippen molar-refractivity contribution < 1.29 is 0 Å². The molecule has 0 unspecified atom stereocenters. The fourth-order valence-electron chi connectivity index (χ4n) is 1.76. The summed E-state index contributed by atoms with van der Waals surface area (Å²) in [7, 11) is 1.90. The maximum absolute atomic E-state index is 8.99. The van der Waals surface area contributed by atoms with Gasteiger partial charge in [0.2, 0.25) is 5.13 Å². The van der Waals surface area contributed by atoms with E-state index in [4.69, 9.17) is 5.26 Å². The maximum Gasteiger partial charge on any atom is 0.205 e. The molecule has 0 amide bonds. The summed E-state index contributed by atoms with van der Waals surface area (Å²) in [6.45, 7) is 6.88. The topological polar surface area (TPSA) is 66.5 Å². The van der Waals surface area contributed by atoms with Crippen molar-refractivity contribution in [3.05, 3.63) is 28.0 Å². The number of anilines is 1. The molecule has 0 aliphatic carbocycles. The largest absolute Gasteiger partial charge is 0.356 e. The lowest BCUT2D eigenvalue weighted by Crippen LogP contribution is -2.01. The molecule has 19 heavy (non-hydrogen) atoms. The van der Waals surface area contributed by atoms with E-state index in [0.29, 0.717) is 18.2 Å². The highest BCUT2D eigenvalue weighted by atomic mass is 32.1. The molecule has 0 bridgehead atoms. The molecule has 0 spiro atoms. The van der Waals surface area contributed by atoms with Crippen LogP contribution in [-0.4, -0.2) is 14.8 Å². The van der Waals surface area contributed by atoms with Gasteiger partial charge in [0.1, 0.15) is 16.8 Å². The second-order valence-electron chi connectivity index (χ2n) is 4.76. The van der Waals surface area contributed by atoms with Gasteiger partial charge in [0, 0.05) is 25.2 Å². The number of hydrogen-bond acceptors (Lipinski definition) is 5. The van der Waals surface area contributed by atoms with Gasteiger partial charge in [-0.25, -0.2) is 0 Å². The highest BCUT2D eigenvalue weighted by molar-refractivity contribution is 7.15. The Morgan fingerprint density at radius 1 is 1.47 bits per heavy atom. The van der Waals surface area contributed by atoms with Crippen LogP contribution in [0.2, 0.25) is 0 Å². The lowest BCUT2D eigenvalue weighted by Gasteiger charge is -2.03. The lowest BCUT2D eigenvalue weighted by molar-refractivity contribution is 0.824. The minimum atomic E-state index is 0.400. The van der Waals surface area contributed by atoms with Crippen LogP contribution in [0.15, 0.2) is 6.07 Å². The van der Waals surface area contributed by atoms with E-state index in [2.05, 4.69) is 35.4 Å². The van der Waals surface area contributed by atoms with Crippen molar-refractivity contribution in [3.8, 4) is 6.07 Å². The van der Waals surface area contributed by atoms with Crippen LogP contribution in [0, 0.1) is 18.3 Å². The van der Waals surface area contributed by atoms with Crippen molar-refractivity contribution >= 4 is 16.5 Å². The van der Waals surface area contributed by atoms with Crippen LogP contribution in [-0.2, 0) is 13.6 Å². The average Bonchev–Trinajstić information content (AvgIpc) is 2.95. The van der Waals surface area contributed by atoms with Gasteiger partial charge in [-0.05, 0) is 18.6 Å². The Morgan fingerprint density at radius 2 is 2.21 bits per heavy atom. The zero-order chi connectivity index (χ0) is 14.0. The number of nitrogens with zero attached hydrogens (tertiary/aromatic N) is 4. The third kappa shape index (κ3) is 2.76. The standard InChI is InChI=1S/C13H17N5S/c1-8(2)12-16-17-13(19-12)15-7-10-5-11(6-14)18(4)9(10)3/h5,8H,7H2,1-4H3,(H,15,17). The van der Waals surface area contributed by atoms with E-state index >= 15 is 0 Å². The smallest absolute Gasteiger partial charge is 0.205 e. The number of nitriles is 1. The fourth-order valence-corrected chi connectivity index (χ4v) is 2.50. The molecule has 0 saturated heterocycles. The molecule has 100 valence electrons. The highest BCUT2D eigenvalue weighted by Crippen LogP contribution is 2.23. The van der Waals surface area contributed by atoms with Crippen LogP contribution >= 0.6 is 11.3 Å². The molecule has 5 nitrogen and oxygen atoms in total. The predicted octanol–water partition coefficient (Wildman–Crippen LogP) is 2.79. The molecule has 0 aliphatic heterocycles. The van der Waals surface area contributed by atoms with E-state index < -0.39 is 0 Å². The number of nitrogens with one attached hydrogen (secondary N) is 1. The summed E-state index contributed by atoms with van der Waals surface area (Å²) in [5.74, 6) is 0.400. The van der Waals surface area contributed by atoms with Gasteiger partial charge in [0.05, 0.1) is 0 Å². The predicted molar refractivity (Wildman–Crippen MR) is 76.2 cm³/mol. The average molecular weight is 275 g/mol. The molecule has 0 aromatic carbocycles. The van der Waals surface area contributed by atoms with Crippen molar-refractivity contribution in [3.63, 3.8) is 0 Å². The SMILES string of the molecule is Cc1c(CNc2nnc(C(C)C)s2)cc(C#N)n1C. The Morgan fingerprint density at radius 3 is 2.74 bits per heavy atom. The molecule has 6 heteroatoms. The molecule has 0 aliphatic rings. The Balaban J connectivity index is 2.08. The molecule has 0 saturated carbocycles. The second-order valence-corrected chi connectivity index (χ2v) is 5.77. The van der Waals surface area contributed by atoms with Crippen LogP contribution in [0.5, 0.6) is 0 Å². The van der Waals surface area contributed by atoms with Gasteiger partial charge in [-0.1, -0.05) is 25.2 Å². The molecule has 2 rings (SSSR count). The first-order valence-corrected chi connectivity index (χ1v) is 6.97. The minimum Gasteiger partial charge on any atom is -0.356 e. The molecule has 2 aromatic rings. The van der Waals surface area contributed by atoms with E-state index in [9.17, 15) is 0 Å². The van der Waals surface area contributed by atoms with Gasteiger partial charge in [0.15, 0.2) is 0 Å². The summed E-state index contributed by atoms with van der Waals surface area (Å²) >= 11 is 1.58. The molecular weight excluding hydrogens is 258 g/mol. The summed E-state index contributed by atoms with van der Waals surface area (Å²) in [4.78, 5) is 0. The van der Waals surface area contributed by atoms with Gasteiger partial charge >= 0.3 is 0 Å². The zero-order valence-corrected chi connectivity index (χ0v) is 12.4. The lowest BCUT2D eigenvalue weighted by atomic mass is 10.2. The third-order valence-electron chi connectivity index (χ3n) is 3.12. The summed E-state index contributed by atoms with van der Waals surface area (Å²) in [5, 5.41) is 22.4. The van der Waals surface area contributed by atoms with Gasteiger partial charge < -0.3 is 9.88 Å². The fraction of sp³-hybridized carbons (Fsp3) is 0.462. The summed E-state index contributed by atoms with van der Waals surface area (Å²) in [5.41, 5.74) is 2.88. The number of rotatable bonds is 4. The summed E-state index contributed by atoms with van der Waals surface area (Å²) < 4.78 is 1.90. The Hall–Kier alpha value is -1.87. The van der Waals surface area contributed by atoms with Crippen molar-refractivity contribution in [2.45, 2.75) is 33.2 Å². The Kier molecular flexibility index (Phi) is 3.86. The van der Waals surface area contributed by atoms with Crippen LogP contribution in [0.3, 0.4) is 0 Å². The Bertz CT molecular complexity index is 618. The number of aromatic nitrogens is 3. The number of hydrogen-bond donors (Lipinski definition) is 1. The van der Waals surface area contributed by atoms with Gasteiger partial charge in [-0.3, -0.25) is 0 Å². The van der Waals surface area contributed by atoms with Crippen molar-refractivity contribution in [2.24, 2.45) is 7.05 Å². The van der Waals surface area contributed by atoms with Crippen molar-refractivity contribution in [2.75, 3.05) is 5.32 Å². The second kappa shape index (κ2) is 5.41. The minimum absolute atomic E-state index is 0.400. The van der Waals surface area contributed by atoms with Gasteiger partial charge in [0.25, 0.3) is 0 Å². The quantitative estimate of drug-likeness (QED) is 0.931. The van der Waals surface area contributed by atoms with Gasteiger partial charge in [-0.2, -0.15) is 5.26 Å². The van der Waals surface area contributed by atoms with Crippen LogP contribution in [0.25, 0.3) is 0 Å². The molecule has 2 aromatic heterocycles. The first-order chi connectivity index (χ1) is 9.02. The molecule has 0 radical (unpaired) electrons. The van der Waals surface area contributed by atoms with Gasteiger partial charge in [-0.15, -0.1) is 10.2 Å². The maximum atomic E-state index is 8.99. The summed E-state index contributed by atoms with van der Waals surface area (Å²) in [6.07, 6.45) is 0. The third-order valence-corrected chi connectivity index (χ3v) is 4.30. The zero-order valence-electron chi connectivity index (χ0n) is 11.6. The van der Waals surface area contributed by atoms with Crippen LogP contribution in [0.4, 0.5) is 5.13 Å². The molecule has 0 atom stereocenters.